The Kier molecular flexibility index (Phi) is 7.65. The SMILES string of the molecule is CCNC(=NCCC1CCN(C)CC1)NC1CCN(c2cccc(Cl)c2)C1. The molecule has 2 fully saturated rings. The van der Waals surface area contributed by atoms with Crippen molar-refractivity contribution in [3.8, 4) is 0 Å². The van der Waals surface area contributed by atoms with Crippen LogP contribution in [-0.4, -0.2) is 63.2 Å². The highest BCUT2D eigenvalue weighted by atomic mass is 35.5. The van der Waals surface area contributed by atoms with Crippen LogP contribution in [-0.2, 0) is 0 Å². The average molecular weight is 392 g/mol. The van der Waals surface area contributed by atoms with E-state index in [2.05, 4.69) is 40.5 Å². The van der Waals surface area contributed by atoms with Crippen LogP contribution >= 0.6 is 11.6 Å². The molecule has 0 spiro atoms. The van der Waals surface area contributed by atoms with Crippen molar-refractivity contribution in [3.05, 3.63) is 29.3 Å². The fraction of sp³-hybridized carbons (Fsp3) is 0.667. The molecule has 0 bridgehead atoms. The van der Waals surface area contributed by atoms with Gasteiger partial charge in [-0.3, -0.25) is 4.99 Å². The molecule has 2 aliphatic heterocycles. The number of rotatable bonds is 6. The minimum atomic E-state index is 0.421. The molecule has 27 heavy (non-hydrogen) atoms. The standard InChI is InChI=1S/C21H34ClN5/c1-3-23-21(24-11-7-17-8-12-26(2)13-9-17)25-19-10-14-27(16-19)20-6-4-5-18(22)15-20/h4-6,15,17,19H,3,7-14,16H2,1-2H3,(H2,23,24,25). The van der Waals surface area contributed by atoms with Crippen LogP contribution in [0.15, 0.2) is 29.3 Å². The van der Waals surface area contributed by atoms with Gasteiger partial charge in [0.2, 0.25) is 0 Å². The Labute approximate surface area is 169 Å². The van der Waals surface area contributed by atoms with Crippen molar-refractivity contribution in [1.82, 2.24) is 15.5 Å². The Morgan fingerprint density at radius 2 is 2.04 bits per heavy atom. The molecule has 6 heteroatoms. The predicted molar refractivity (Wildman–Crippen MR) is 116 cm³/mol. The van der Waals surface area contributed by atoms with Gasteiger partial charge in [-0.05, 0) is 76.9 Å². The smallest absolute Gasteiger partial charge is 0.191 e. The molecule has 2 heterocycles. The molecule has 0 aromatic heterocycles. The van der Waals surface area contributed by atoms with Crippen LogP contribution in [0, 0.1) is 5.92 Å². The zero-order chi connectivity index (χ0) is 19.1. The van der Waals surface area contributed by atoms with Crippen LogP contribution in [0.4, 0.5) is 5.69 Å². The zero-order valence-electron chi connectivity index (χ0n) is 16.8. The lowest BCUT2D eigenvalue weighted by atomic mass is 9.94. The van der Waals surface area contributed by atoms with Crippen molar-refractivity contribution >= 4 is 23.2 Å². The van der Waals surface area contributed by atoms with Gasteiger partial charge in [0.05, 0.1) is 0 Å². The Balaban J connectivity index is 1.47. The summed E-state index contributed by atoms with van der Waals surface area (Å²) >= 11 is 6.14. The maximum absolute atomic E-state index is 6.14. The molecule has 1 atom stereocenters. The first-order chi connectivity index (χ1) is 13.1. The first-order valence-corrected chi connectivity index (χ1v) is 10.8. The third-order valence-electron chi connectivity index (χ3n) is 5.69. The summed E-state index contributed by atoms with van der Waals surface area (Å²) in [6, 6.07) is 8.55. The molecule has 0 radical (unpaired) electrons. The van der Waals surface area contributed by atoms with Gasteiger partial charge in [-0.2, -0.15) is 0 Å². The van der Waals surface area contributed by atoms with E-state index >= 15 is 0 Å². The molecule has 0 amide bonds. The molecule has 0 aliphatic carbocycles. The quantitative estimate of drug-likeness (QED) is 0.577. The second-order valence-electron chi connectivity index (χ2n) is 7.85. The zero-order valence-corrected chi connectivity index (χ0v) is 17.5. The third kappa shape index (κ3) is 6.28. The Bertz CT molecular complexity index is 612. The van der Waals surface area contributed by atoms with Crippen molar-refractivity contribution in [2.24, 2.45) is 10.9 Å². The number of halogens is 1. The highest BCUT2D eigenvalue weighted by molar-refractivity contribution is 6.30. The third-order valence-corrected chi connectivity index (χ3v) is 5.93. The minimum absolute atomic E-state index is 0.421. The van der Waals surface area contributed by atoms with Crippen LogP contribution < -0.4 is 15.5 Å². The number of benzene rings is 1. The van der Waals surface area contributed by atoms with Gasteiger partial charge in [0.1, 0.15) is 0 Å². The van der Waals surface area contributed by atoms with Gasteiger partial charge in [-0.15, -0.1) is 0 Å². The monoisotopic (exact) mass is 391 g/mol. The molecule has 2 aliphatic rings. The molecule has 5 nitrogen and oxygen atoms in total. The number of piperidine rings is 1. The van der Waals surface area contributed by atoms with E-state index < -0.39 is 0 Å². The maximum Gasteiger partial charge on any atom is 0.191 e. The molecule has 1 aromatic carbocycles. The number of guanidine groups is 1. The van der Waals surface area contributed by atoms with Crippen molar-refractivity contribution in [2.45, 2.75) is 38.6 Å². The number of nitrogens with one attached hydrogen (secondary N) is 2. The van der Waals surface area contributed by atoms with E-state index in [1.54, 1.807) is 0 Å². The summed E-state index contributed by atoms with van der Waals surface area (Å²) < 4.78 is 0. The van der Waals surface area contributed by atoms with Crippen LogP contribution in [0.2, 0.25) is 5.02 Å². The molecular formula is C21H34ClN5. The number of nitrogens with zero attached hydrogens (tertiary/aromatic N) is 3. The second-order valence-corrected chi connectivity index (χ2v) is 8.29. The van der Waals surface area contributed by atoms with Gasteiger partial charge >= 0.3 is 0 Å². The summed E-state index contributed by atoms with van der Waals surface area (Å²) in [7, 11) is 2.22. The second kappa shape index (κ2) is 10.2. The van der Waals surface area contributed by atoms with E-state index in [1.165, 1.54) is 38.0 Å². The lowest BCUT2D eigenvalue weighted by Gasteiger charge is -2.28. The first kappa shape index (κ1) is 20.3. The lowest BCUT2D eigenvalue weighted by molar-refractivity contribution is 0.214. The van der Waals surface area contributed by atoms with E-state index in [-0.39, 0.29) is 0 Å². The van der Waals surface area contributed by atoms with Crippen LogP contribution in [0.5, 0.6) is 0 Å². The van der Waals surface area contributed by atoms with Gasteiger partial charge in [0.15, 0.2) is 5.96 Å². The van der Waals surface area contributed by atoms with E-state index in [1.807, 2.05) is 18.2 Å². The maximum atomic E-state index is 6.14. The minimum Gasteiger partial charge on any atom is -0.369 e. The summed E-state index contributed by atoms with van der Waals surface area (Å²) in [4.78, 5) is 9.67. The average Bonchev–Trinajstić information content (AvgIpc) is 3.12. The molecule has 2 saturated heterocycles. The Morgan fingerprint density at radius 3 is 2.78 bits per heavy atom. The van der Waals surface area contributed by atoms with Gasteiger partial charge < -0.3 is 20.4 Å². The summed E-state index contributed by atoms with van der Waals surface area (Å²) in [6.45, 7) is 8.43. The highest BCUT2D eigenvalue weighted by Gasteiger charge is 2.23. The fourth-order valence-corrected chi connectivity index (χ4v) is 4.19. The molecule has 150 valence electrons. The van der Waals surface area contributed by atoms with Gasteiger partial charge in [0.25, 0.3) is 0 Å². The molecule has 3 rings (SSSR count). The molecule has 0 saturated carbocycles. The topological polar surface area (TPSA) is 42.9 Å². The number of hydrogen-bond acceptors (Lipinski definition) is 3. The Hall–Kier alpha value is -1.46. The van der Waals surface area contributed by atoms with Crippen molar-refractivity contribution in [1.29, 1.82) is 0 Å². The molecule has 1 aromatic rings. The van der Waals surface area contributed by atoms with E-state index in [0.29, 0.717) is 6.04 Å². The van der Waals surface area contributed by atoms with Crippen molar-refractivity contribution < 1.29 is 0 Å². The van der Waals surface area contributed by atoms with Crippen molar-refractivity contribution in [3.63, 3.8) is 0 Å². The Morgan fingerprint density at radius 1 is 1.22 bits per heavy atom. The van der Waals surface area contributed by atoms with Gasteiger partial charge in [-0.25, -0.2) is 0 Å². The summed E-state index contributed by atoms with van der Waals surface area (Å²) in [6.07, 6.45) is 4.94. The largest absolute Gasteiger partial charge is 0.369 e. The molecule has 1 unspecified atom stereocenters. The van der Waals surface area contributed by atoms with Crippen LogP contribution in [0.1, 0.15) is 32.6 Å². The fourth-order valence-electron chi connectivity index (χ4n) is 4.01. The summed E-state index contributed by atoms with van der Waals surface area (Å²) in [5.74, 6) is 1.79. The number of aliphatic imine (C=N–C) groups is 1. The highest BCUT2D eigenvalue weighted by Crippen LogP contribution is 2.23. The normalized spacial score (nSPS) is 22.3. The van der Waals surface area contributed by atoms with E-state index in [9.17, 15) is 0 Å². The number of likely N-dealkylation sites (tertiary alicyclic amines) is 1. The van der Waals surface area contributed by atoms with E-state index in [4.69, 9.17) is 16.6 Å². The van der Waals surface area contributed by atoms with Crippen LogP contribution in [0.3, 0.4) is 0 Å². The summed E-state index contributed by atoms with van der Waals surface area (Å²) in [5, 5.41) is 7.84. The number of anilines is 1. The van der Waals surface area contributed by atoms with Crippen LogP contribution in [0.25, 0.3) is 0 Å². The summed E-state index contributed by atoms with van der Waals surface area (Å²) in [5.41, 5.74) is 1.20. The van der Waals surface area contributed by atoms with Crippen molar-refractivity contribution in [2.75, 3.05) is 51.2 Å². The predicted octanol–water partition coefficient (Wildman–Crippen LogP) is 3.21. The lowest BCUT2D eigenvalue weighted by Crippen LogP contribution is -2.44. The van der Waals surface area contributed by atoms with Gasteiger partial charge in [0, 0.05) is 42.9 Å². The molecular weight excluding hydrogens is 358 g/mol. The number of hydrogen-bond donors (Lipinski definition) is 2. The van der Waals surface area contributed by atoms with Gasteiger partial charge in [-0.1, -0.05) is 17.7 Å². The van der Waals surface area contributed by atoms with E-state index in [0.717, 1.165) is 49.5 Å². The first-order valence-electron chi connectivity index (χ1n) is 10.4. The molecule has 2 N–H and O–H groups in total.